The van der Waals surface area contributed by atoms with Gasteiger partial charge in [-0.2, -0.15) is 0 Å². The van der Waals surface area contributed by atoms with Gasteiger partial charge in [0.2, 0.25) is 0 Å². The molecule has 1 aliphatic rings. The van der Waals surface area contributed by atoms with E-state index in [1.165, 1.54) is 7.11 Å². The van der Waals surface area contributed by atoms with Crippen molar-refractivity contribution in [1.82, 2.24) is 15.1 Å². The van der Waals surface area contributed by atoms with Crippen molar-refractivity contribution in [1.29, 1.82) is 0 Å². The summed E-state index contributed by atoms with van der Waals surface area (Å²) in [6.45, 7) is 3.92. The Hall–Kier alpha value is -3.85. The molecule has 9 nitrogen and oxygen atoms in total. The number of carbonyl (C=O) groups is 1. The smallest absolute Gasteiger partial charge is 0.323 e. The molecule has 1 aromatic heterocycles. The lowest BCUT2D eigenvalue weighted by Crippen LogP contribution is -2.44. The van der Waals surface area contributed by atoms with Crippen molar-refractivity contribution in [2.75, 3.05) is 63.0 Å². The normalized spacial score (nSPS) is 14.0. The molecule has 2 heterocycles. The minimum atomic E-state index is -0.382. The number of anilines is 3. The number of hydrogen-bond donors (Lipinski definition) is 2. The Bertz CT molecular complexity index is 1100. The fourth-order valence-electron chi connectivity index (χ4n) is 3.63. The Balaban J connectivity index is 1.42. The summed E-state index contributed by atoms with van der Waals surface area (Å²) in [6, 6.07) is 16.3. The van der Waals surface area contributed by atoms with Gasteiger partial charge < -0.3 is 29.9 Å². The first-order valence-electron chi connectivity index (χ1n) is 10.7. The number of urea groups is 1. The summed E-state index contributed by atoms with van der Waals surface area (Å²) >= 11 is 0. The number of amides is 2. The van der Waals surface area contributed by atoms with Crippen molar-refractivity contribution >= 4 is 23.2 Å². The fraction of sp³-hybridized carbons (Fsp3) is 0.292. The number of aromatic nitrogens is 2. The highest BCUT2D eigenvalue weighted by Gasteiger charge is 2.16. The zero-order valence-corrected chi connectivity index (χ0v) is 19.0. The van der Waals surface area contributed by atoms with Gasteiger partial charge in [0.15, 0.2) is 5.82 Å². The van der Waals surface area contributed by atoms with Crippen LogP contribution in [0, 0.1) is 0 Å². The van der Waals surface area contributed by atoms with Crippen LogP contribution in [0.3, 0.4) is 0 Å². The van der Waals surface area contributed by atoms with E-state index >= 15 is 0 Å². The van der Waals surface area contributed by atoms with E-state index in [0.29, 0.717) is 22.9 Å². The summed E-state index contributed by atoms with van der Waals surface area (Å²) in [4.78, 5) is 17.1. The van der Waals surface area contributed by atoms with E-state index in [1.807, 2.05) is 36.4 Å². The molecule has 0 spiro atoms. The molecule has 0 bridgehead atoms. The molecule has 4 rings (SSSR count). The molecule has 0 saturated carbocycles. The topological polar surface area (TPSA) is 91.9 Å². The quantitative estimate of drug-likeness (QED) is 0.596. The van der Waals surface area contributed by atoms with E-state index < -0.39 is 0 Å². The minimum absolute atomic E-state index is 0.382. The van der Waals surface area contributed by atoms with E-state index in [4.69, 9.17) is 9.47 Å². The summed E-state index contributed by atoms with van der Waals surface area (Å²) in [5.74, 6) is 2.04. The molecule has 33 heavy (non-hydrogen) atoms. The van der Waals surface area contributed by atoms with Crippen LogP contribution in [-0.2, 0) is 0 Å². The zero-order chi connectivity index (χ0) is 23.2. The van der Waals surface area contributed by atoms with E-state index in [0.717, 1.165) is 43.3 Å². The number of piperazine rings is 1. The molecule has 1 fully saturated rings. The number of ether oxygens (including phenoxy) is 2. The first-order chi connectivity index (χ1) is 16.1. The first-order valence-corrected chi connectivity index (χ1v) is 10.7. The van der Waals surface area contributed by atoms with Crippen LogP contribution in [0.25, 0.3) is 11.3 Å². The first kappa shape index (κ1) is 22.3. The van der Waals surface area contributed by atoms with Gasteiger partial charge in [-0.25, -0.2) is 4.79 Å². The molecule has 0 aliphatic carbocycles. The Morgan fingerprint density at radius 1 is 0.909 bits per heavy atom. The van der Waals surface area contributed by atoms with Gasteiger partial charge in [-0.05, 0) is 43.4 Å². The van der Waals surface area contributed by atoms with Crippen molar-refractivity contribution in [2.24, 2.45) is 0 Å². The number of rotatable bonds is 6. The predicted molar refractivity (Wildman–Crippen MR) is 129 cm³/mol. The van der Waals surface area contributed by atoms with Crippen LogP contribution in [0.5, 0.6) is 11.5 Å². The maximum Gasteiger partial charge on any atom is 0.323 e. The third-order valence-electron chi connectivity index (χ3n) is 5.55. The molecule has 0 unspecified atom stereocenters. The lowest BCUT2D eigenvalue weighted by atomic mass is 10.1. The highest BCUT2D eigenvalue weighted by molar-refractivity contribution is 6.01. The Morgan fingerprint density at radius 3 is 2.42 bits per heavy atom. The Kier molecular flexibility index (Phi) is 6.89. The van der Waals surface area contributed by atoms with Gasteiger partial charge in [-0.3, -0.25) is 0 Å². The standard InChI is InChI=1S/C24H28N6O3/c1-29-11-13-30(14-12-29)23-10-9-20(27-28-23)17-5-4-6-18(15-17)25-24(31)26-21-8-7-19(32-2)16-22(21)33-3/h4-10,15-16H,11-14H2,1-3H3,(H2,25,26,31). The van der Waals surface area contributed by atoms with E-state index in [2.05, 4.69) is 37.7 Å². The van der Waals surface area contributed by atoms with Crippen molar-refractivity contribution in [3.8, 4) is 22.8 Å². The lowest BCUT2D eigenvalue weighted by molar-refractivity contribution is 0.262. The molecule has 1 saturated heterocycles. The predicted octanol–water partition coefficient (Wildman–Crippen LogP) is 3.56. The van der Waals surface area contributed by atoms with Crippen LogP contribution in [0.4, 0.5) is 22.0 Å². The number of nitrogens with one attached hydrogen (secondary N) is 2. The summed E-state index contributed by atoms with van der Waals surface area (Å²) in [5, 5.41) is 14.5. The fourth-order valence-corrected chi connectivity index (χ4v) is 3.63. The molecule has 3 aromatic rings. The second kappa shape index (κ2) is 10.2. The van der Waals surface area contributed by atoms with Crippen molar-refractivity contribution < 1.29 is 14.3 Å². The van der Waals surface area contributed by atoms with Gasteiger partial charge in [0.25, 0.3) is 0 Å². The van der Waals surface area contributed by atoms with Gasteiger partial charge in [-0.15, -0.1) is 10.2 Å². The Morgan fingerprint density at radius 2 is 1.73 bits per heavy atom. The maximum absolute atomic E-state index is 12.5. The number of hydrogen-bond acceptors (Lipinski definition) is 7. The molecule has 2 N–H and O–H groups in total. The SMILES string of the molecule is COc1ccc(NC(=O)Nc2cccc(-c3ccc(N4CCN(C)CC4)nn3)c2)c(OC)c1. The second-order valence-corrected chi connectivity index (χ2v) is 7.79. The molecule has 172 valence electrons. The second-order valence-electron chi connectivity index (χ2n) is 7.79. The monoisotopic (exact) mass is 448 g/mol. The van der Waals surface area contributed by atoms with Gasteiger partial charge in [-0.1, -0.05) is 12.1 Å². The van der Waals surface area contributed by atoms with Crippen LogP contribution in [0.15, 0.2) is 54.6 Å². The number of nitrogens with zero attached hydrogens (tertiary/aromatic N) is 4. The summed E-state index contributed by atoms with van der Waals surface area (Å²) in [5.41, 5.74) is 2.79. The van der Waals surface area contributed by atoms with E-state index in [9.17, 15) is 4.79 Å². The zero-order valence-electron chi connectivity index (χ0n) is 19.0. The summed E-state index contributed by atoms with van der Waals surface area (Å²) < 4.78 is 10.5. The minimum Gasteiger partial charge on any atom is -0.497 e. The number of carbonyl (C=O) groups excluding carboxylic acids is 1. The number of benzene rings is 2. The van der Waals surface area contributed by atoms with Crippen LogP contribution >= 0.6 is 0 Å². The average Bonchev–Trinajstić information content (AvgIpc) is 2.85. The number of methoxy groups -OCH3 is 2. The lowest BCUT2D eigenvalue weighted by Gasteiger charge is -2.32. The van der Waals surface area contributed by atoms with Gasteiger partial charge in [0.1, 0.15) is 11.5 Å². The number of likely N-dealkylation sites (N-methyl/N-ethyl adjacent to an activating group) is 1. The highest BCUT2D eigenvalue weighted by Crippen LogP contribution is 2.29. The molecule has 2 aromatic carbocycles. The third kappa shape index (κ3) is 5.50. The van der Waals surface area contributed by atoms with Crippen LogP contribution in [-0.4, -0.2) is 68.6 Å². The molecular formula is C24H28N6O3. The van der Waals surface area contributed by atoms with E-state index in [1.54, 1.807) is 25.3 Å². The highest BCUT2D eigenvalue weighted by atomic mass is 16.5. The summed E-state index contributed by atoms with van der Waals surface area (Å²) in [7, 11) is 5.24. The third-order valence-corrected chi connectivity index (χ3v) is 5.55. The van der Waals surface area contributed by atoms with Gasteiger partial charge in [0.05, 0.1) is 25.6 Å². The van der Waals surface area contributed by atoms with Crippen molar-refractivity contribution in [3.05, 3.63) is 54.6 Å². The molecular weight excluding hydrogens is 420 g/mol. The van der Waals surface area contributed by atoms with Crippen LogP contribution in [0.2, 0.25) is 0 Å². The van der Waals surface area contributed by atoms with Crippen molar-refractivity contribution in [2.45, 2.75) is 0 Å². The molecule has 2 amide bonds. The Labute approximate surface area is 193 Å². The van der Waals surface area contributed by atoms with Gasteiger partial charge in [0, 0.05) is 43.5 Å². The average molecular weight is 449 g/mol. The molecule has 9 heteroatoms. The van der Waals surface area contributed by atoms with Crippen LogP contribution in [0.1, 0.15) is 0 Å². The van der Waals surface area contributed by atoms with Gasteiger partial charge >= 0.3 is 6.03 Å². The van der Waals surface area contributed by atoms with Crippen molar-refractivity contribution in [3.63, 3.8) is 0 Å². The molecule has 0 radical (unpaired) electrons. The molecule has 1 aliphatic heterocycles. The maximum atomic E-state index is 12.5. The molecule has 0 atom stereocenters. The summed E-state index contributed by atoms with van der Waals surface area (Å²) in [6.07, 6.45) is 0. The van der Waals surface area contributed by atoms with E-state index in [-0.39, 0.29) is 6.03 Å². The van der Waals surface area contributed by atoms with Crippen LogP contribution < -0.4 is 25.0 Å². The largest absolute Gasteiger partial charge is 0.497 e.